The zero-order valence-corrected chi connectivity index (χ0v) is 8.59. The Bertz CT molecular complexity index is 191. The number of carbonyl (C=O) groups is 1. The van der Waals surface area contributed by atoms with E-state index in [0.29, 0.717) is 13.0 Å². The van der Waals surface area contributed by atoms with Crippen molar-refractivity contribution in [2.75, 3.05) is 13.2 Å². The van der Waals surface area contributed by atoms with Crippen LogP contribution in [0.1, 0.15) is 38.5 Å². The minimum absolute atomic E-state index is 0.0464. The molecule has 0 aromatic heterocycles. The van der Waals surface area contributed by atoms with E-state index in [4.69, 9.17) is 10.8 Å². The van der Waals surface area contributed by atoms with Gasteiger partial charge in [0.15, 0.2) is 0 Å². The topological polar surface area (TPSA) is 75.4 Å². The maximum atomic E-state index is 11.4. The van der Waals surface area contributed by atoms with Gasteiger partial charge in [-0.2, -0.15) is 0 Å². The quantitative estimate of drug-likeness (QED) is 0.534. The number of nitrogens with two attached hydrogens (primary N) is 1. The number of hydrogen-bond donors (Lipinski definition) is 3. The van der Waals surface area contributed by atoms with Gasteiger partial charge in [-0.15, -0.1) is 0 Å². The van der Waals surface area contributed by atoms with Crippen LogP contribution < -0.4 is 11.1 Å². The van der Waals surface area contributed by atoms with Gasteiger partial charge in [-0.1, -0.05) is 0 Å². The molecule has 0 radical (unpaired) electrons. The fourth-order valence-corrected chi connectivity index (χ4v) is 1.65. The van der Waals surface area contributed by atoms with E-state index in [-0.39, 0.29) is 18.1 Å². The number of nitrogens with one attached hydrogen (secondary N) is 1. The van der Waals surface area contributed by atoms with Gasteiger partial charge in [0.2, 0.25) is 5.91 Å². The number of hydrogen-bond acceptors (Lipinski definition) is 3. The minimum atomic E-state index is -0.221. The van der Waals surface area contributed by atoms with Gasteiger partial charge in [0, 0.05) is 25.1 Å². The molecule has 82 valence electrons. The van der Waals surface area contributed by atoms with Crippen molar-refractivity contribution in [3.63, 3.8) is 0 Å². The molecule has 4 N–H and O–H groups in total. The third kappa shape index (κ3) is 3.64. The highest BCUT2D eigenvalue weighted by Crippen LogP contribution is 2.31. The molecule has 0 saturated heterocycles. The maximum Gasteiger partial charge on any atom is 0.221 e. The molecule has 14 heavy (non-hydrogen) atoms. The zero-order valence-electron chi connectivity index (χ0n) is 8.59. The molecule has 0 heterocycles. The molecule has 0 spiro atoms. The number of rotatable bonds is 6. The van der Waals surface area contributed by atoms with Crippen molar-refractivity contribution >= 4 is 5.91 Å². The maximum absolute atomic E-state index is 11.4. The van der Waals surface area contributed by atoms with Crippen LogP contribution in [0.2, 0.25) is 0 Å². The second-order valence-electron chi connectivity index (χ2n) is 4.17. The Morgan fingerprint density at radius 3 is 2.64 bits per heavy atom. The van der Waals surface area contributed by atoms with Crippen LogP contribution in [0.3, 0.4) is 0 Å². The molecule has 4 heteroatoms. The summed E-state index contributed by atoms with van der Waals surface area (Å²) in [4.78, 5) is 11.4. The van der Waals surface area contributed by atoms with Crippen LogP contribution in [-0.2, 0) is 4.79 Å². The lowest BCUT2D eigenvalue weighted by Gasteiger charge is -2.37. The van der Waals surface area contributed by atoms with Gasteiger partial charge in [0.05, 0.1) is 0 Å². The summed E-state index contributed by atoms with van der Waals surface area (Å²) in [5.74, 6) is 0.0464. The van der Waals surface area contributed by atoms with Crippen molar-refractivity contribution in [1.82, 2.24) is 5.32 Å². The van der Waals surface area contributed by atoms with Crippen LogP contribution in [0.4, 0.5) is 0 Å². The Balaban J connectivity index is 2.04. The van der Waals surface area contributed by atoms with E-state index in [2.05, 4.69) is 5.32 Å². The van der Waals surface area contributed by atoms with Crippen LogP contribution >= 0.6 is 0 Å². The van der Waals surface area contributed by atoms with E-state index < -0.39 is 0 Å². The van der Waals surface area contributed by atoms with Crippen molar-refractivity contribution in [2.45, 2.75) is 44.1 Å². The Kier molecular flexibility index (Phi) is 4.35. The highest BCUT2D eigenvalue weighted by atomic mass is 16.2. The molecule has 1 aliphatic rings. The average Bonchev–Trinajstić information content (AvgIpc) is 2.10. The zero-order chi connectivity index (χ0) is 10.4. The normalized spacial score (nSPS) is 18.7. The van der Waals surface area contributed by atoms with Crippen molar-refractivity contribution < 1.29 is 9.90 Å². The van der Waals surface area contributed by atoms with Crippen LogP contribution in [0.25, 0.3) is 0 Å². The number of aliphatic hydroxyl groups excluding tert-OH is 1. The van der Waals surface area contributed by atoms with E-state index in [9.17, 15) is 4.79 Å². The molecule has 0 bridgehead atoms. The van der Waals surface area contributed by atoms with Gasteiger partial charge in [0.1, 0.15) is 0 Å². The first-order valence-electron chi connectivity index (χ1n) is 5.33. The van der Waals surface area contributed by atoms with Crippen LogP contribution in [0, 0.1) is 0 Å². The molecule has 0 unspecified atom stereocenters. The van der Waals surface area contributed by atoms with E-state index in [0.717, 1.165) is 32.1 Å². The second-order valence-corrected chi connectivity index (χ2v) is 4.17. The van der Waals surface area contributed by atoms with Crippen molar-refractivity contribution in [2.24, 2.45) is 5.73 Å². The Labute approximate surface area is 84.9 Å². The molecular formula is C10H20N2O2. The van der Waals surface area contributed by atoms with E-state index in [1.54, 1.807) is 0 Å². The van der Waals surface area contributed by atoms with E-state index in [1.165, 1.54) is 0 Å². The monoisotopic (exact) mass is 200 g/mol. The molecule has 0 aliphatic heterocycles. The van der Waals surface area contributed by atoms with Crippen LogP contribution in [0.5, 0.6) is 0 Å². The smallest absolute Gasteiger partial charge is 0.221 e. The predicted molar refractivity (Wildman–Crippen MR) is 54.7 cm³/mol. The molecule has 0 aromatic carbocycles. The van der Waals surface area contributed by atoms with Gasteiger partial charge in [-0.05, 0) is 32.1 Å². The summed E-state index contributed by atoms with van der Waals surface area (Å²) < 4.78 is 0. The summed E-state index contributed by atoms with van der Waals surface area (Å²) in [7, 11) is 0. The van der Waals surface area contributed by atoms with Crippen LogP contribution in [0.15, 0.2) is 0 Å². The summed E-state index contributed by atoms with van der Waals surface area (Å²) in [5, 5.41) is 11.3. The predicted octanol–water partition coefficient (Wildman–Crippen LogP) is 0.147. The SMILES string of the molecule is NC1(CC(=O)NCCCCO)CCC1. The van der Waals surface area contributed by atoms with Gasteiger partial charge < -0.3 is 16.2 Å². The lowest BCUT2D eigenvalue weighted by molar-refractivity contribution is -0.123. The fraction of sp³-hybridized carbons (Fsp3) is 0.900. The average molecular weight is 200 g/mol. The molecule has 4 nitrogen and oxygen atoms in total. The summed E-state index contributed by atoms with van der Waals surface area (Å²) in [5.41, 5.74) is 5.71. The van der Waals surface area contributed by atoms with Gasteiger partial charge >= 0.3 is 0 Å². The first-order valence-corrected chi connectivity index (χ1v) is 5.33. The Morgan fingerprint density at radius 2 is 2.14 bits per heavy atom. The summed E-state index contributed by atoms with van der Waals surface area (Å²) in [6, 6.07) is 0. The molecule has 1 rings (SSSR count). The Hall–Kier alpha value is -0.610. The van der Waals surface area contributed by atoms with Gasteiger partial charge in [0.25, 0.3) is 0 Å². The molecule has 1 fully saturated rings. The highest BCUT2D eigenvalue weighted by molar-refractivity contribution is 5.77. The molecule has 1 amide bonds. The summed E-state index contributed by atoms with van der Waals surface area (Å²) >= 11 is 0. The standard InChI is InChI=1S/C10H20N2O2/c11-10(4-3-5-10)8-9(14)12-6-1-2-7-13/h13H,1-8,11H2,(H,12,14). The lowest BCUT2D eigenvalue weighted by atomic mass is 9.75. The lowest BCUT2D eigenvalue weighted by Crippen LogP contribution is -2.50. The fourth-order valence-electron chi connectivity index (χ4n) is 1.65. The van der Waals surface area contributed by atoms with Gasteiger partial charge in [-0.25, -0.2) is 0 Å². The number of aliphatic hydroxyl groups is 1. The third-order valence-corrected chi connectivity index (χ3v) is 2.77. The summed E-state index contributed by atoms with van der Waals surface area (Å²) in [6.07, 6.45) is 5.11. The highest BCUT2D eigenvalue weighted by Gasteiger charge is 2.34. The molecule has 1 saturated carbocycles. The Morgan fingerprint density at radius 1 is 1.43 bits per heavy atom. The molecular weight excluding hydrogens is 180 g/mol. The van der Waals surface area contributed by atoms with Crippen molar-refractivity contribution in [1.29, 1.82) is 0 Å². The van der Waals surface area contributed by atoms with E-state index >= 15 is 0 Å². The molecule has 0 atom stereocenters. The van der Waals surface area contributed by atoms with Gasteiger partial charge in [-0.3, -0.25) is 4.79 Å². The first-order chi connectivity index (χ1) is 6.66. The van der Waals surface area contributed by atoms with Crippen molar-refractivity contribution in [3.05, 3.63) is 0 Å². The van der Waals surface area contributed by atoms with Crippen LogP contribution in [-0.4, -0.2) is 29.7 Å². The third-order valence-electron chi connectivity index (χ3n) is 2.77. The molecule has 1 aliphatic carbocycles. The first kappa shape index (κ1) is 11.5. The number of carbonyl (C=O) groups excluding carboxylic acids is 1. The largest absolute Gasteiger partial charge is 0.396 e. The minimum Gasteiger partial charge on any atom is -0.396 e. The number of unbranched alkanes of at least 4 members (excludes halogenated alkanes) is 1. The molecule has 0 aromatic rings. The second kappa shape index (κ2) is 5.32. The number of amides is 1. The van der Waals surface area contributed by atoms with Crippen molar-refractivity contribution in [3.8, 4) is 0 Å². The van der Waals surface area contributed by atoms with E-state index in [1.807, 2.05) is 0 Å². The summed E-state index contributed by atoms with van der Waals surface area (Å²) in [6.45, 7) is 0.839.